The Labute approximate surface area is 180 Å². The normalized spacial score (nSPS) is 31.8. The van der Waals surface area contributed by atoms with Gasteiger partial charge in [-0.1, -0.05) is 26.8 Å². The number of hydrogen-bond acceptors (Lipinski definition) is 4. The first kappa shape index (κ1) is 21.8. The molecule has 1 saturated heterocycles. The molecule has 1 heterocycles. The minimum atomic E-state index is -3.70. The molecular weight excluding hydrogens is 400 g/mol. The van der Waals surface area contributed by atoms with Crippen LogP contribution in [0.4, 0.5) is 0 Å². The lowest BCUT2D eigenvalue weighted by Crippen LogP contribution is -2.52. The summed E-state index contributed by atoms with van der Waals surface area (Å²) in [6.07, 6.45) is 3.91. The zero-order valence-corrected chi connectivity index (χ0v) is 19.3. The number of sulfonamides is 1. The van der Waals surface area contributed by atoms with Gasteiger partial charge in [0.05, 0.1) is 11.0 Å². The van der Waals surface area contributed by atoms with E-state index in [2.05, 4.69) is 26.1 Å². The number of nitrogens with zero attached hydrogens (tertiary/aromatic N) is 1. The summed E-state index contributed by atoms with van der Waals surface area (Å²) in [7, 11) is -3.70. The molecule has 4 rings (SSSR count). The summed E-state index contributed by atoms with van der Waals surface area (Å²) < 4.78 is 27.8. The summed E-state index contributed by atoms with van der Waals surface area (Å²) in [5.41, 5.74) is 1.16. The highest BCUT2D eigenvalue weighted by molar-refractivity contribution is 7.89. The zero-order chi connectivity index (χ0) is 21.9. The molecule has 2 aliphatic carbocycles. The largest absolute Gasteiger partial charge is 0.393 e. The van der Waals surface area contributed by atoms with Gasteiger partial charge in [0.1, 0.15) is 0 Å². The van der Waals surface area contributed by atoms with Crippen LogP contribution in [0.2, 0.25) is 0 Å². The number of aryl methyl sites for hydroxylation is 1. The van der Waals surface area contributed by atoms with Crippen LogP contribution in [0.15, 0.2) is 23.1 Å². The summed E-state index contributed by atoms with van der Waals surface area (Å²) in [5.74, 6) is 0.420. The quantitative estimate of drug-likeness (QED) is 0.762. The minimum absolute atomic E-state index is 0.0386. The molecule has 2 N–H and O–H groups in total. The van der Waals surface area contributed by atoms with Gasteiger partial charge in [0.25, 0.3) is 5.91 Å². The van der Waals surface area contributed by atoms with Crippen LogP contribution < -0.4 is 5.32 Å². The van der Waals surface area contributed by atoms with Crippen LogP contribution in [-0.4, -0.2) is 49.0 Å². The van der Waals surface area contributed by atoms with Gasteiger partial charge in [-0.3, -0.25) is 4.79 Å². The predicted octanol–water partition coefficient (Wildman–Crippen LogP) is 3.09. The third-order valence-electron chi connectivity index (χ3n) is 8.04. The van der Waals surface area contributed by atoms with Crippen LogP contribution in [0.25, 0.3) is 0 Å². The molecule has 7 heteroatoms. The van der Waals surface area contributed by atoms with Crippen LogP contribution in [0.3, 0.4) is 0 Å². The Morgan fingerprint density at radius 1 is 1.17 bits per heavy atom. The van der Waals surface area contributed by atoms with E-state index in [0.717, 1.165) is 12.8 Å². The van der Waals surface area contributed by atoms with Crippen LogP contribution in [0, 0.1) is 23.7 Å². The number of amides is 1. The second-order valence-corrected chi connectivity index (χ2v) is 12.3. The maximum atomic E-state index is 13.2. The lowest BCUT2D eigenvalue weighted by Gasteiger charge is -2.43. The summed E-state index contributed by atoms with van der Waals surface area (Å²) in [5, 5.41) is 13.0. The van der Waals surface area contributed by atoms with Crippen molar-refractivity contribution in [3.05, 3.63) is 29.3 Å². The number of benzene rings is 1. The highest BCUT2D eigenvalue weighted by atomic mass is 32.2. The Hall–Kier alpha value is -1.44. The zero-order valence-electron chi connectivity index (χ0n) is 18.4. The SMILES string of the molecule is Cc1ccc(C(=O)NC2C3(C)CCC(C3)C2(C)C)cc1S(=O)(=O)N1CCC(O)CC1. The second-order valence-electron chi connectivity index (χ2n) is 10.4. The van der Waals surface area contributed by atoms with Gasteiger partial charge in [0, 0.05) is 24.7 Å². The third kappa shape index (κ3) is 3.49. The lowest BCUT2D eigenvalue weighted by molar-refractivity contribution is 0.0737. The fourth-order valence-electron chi connectivity index (χ4n) is 6.12. The lowest BCUT2D eigenvalue weighted by atomic mass is 9.68. The summed E-state index contributed by atoms with van der Waals surface area (Å²) in [6.45, 7) is 9.10. The number of piperidine rings is 1. The first-order valence-corrected chi connectivity index (χ1v) is 12.5. The Kier molecular flexibility index (Phi) is 5.31. The van der Waals surface area contributed by atoms with Crippen molar-refractivity contribution in [2.24, 2.45) is 16.7 Å². The van der Waals surface area contributed by atoms with Crippen molar-refractivity contribution in [2.45, 2.75) is 76.8 Å². The van der Waals surface area contributed by atoms with Crippen molar-refractivity contribution in [2.75, 3.05) is 13.1 Å². The van der Waals surface area contributed by atoms with Crippen LogP contribution in [0.1, 0.15) is 68.8 Å². The second kappa shape index (κ2) is 7.31. The molecule has 30 heavy (non-hydrogen) atoms. The van der Waals surface area contributed by atoms with Crippen LogP contribution in [-0.2, 0) is 10.0 Å². The molecule has 3 unspecified atom stereocenters. The smallest absolute Gasteiger partial charge is 0.251 e. The highest BCUT2D eigenvalue weighted by Gasteiger charge is 2.59. The molecule has 2 saturated carbocycles. The summed E-state index contributed by atoms with van der Waals surface area (Å²) in [4.78, 5) is 13.3. The Morgan fingerprint density at radius 2 is 1.83 bits per heavy atom. The predicted molar refractivity (Wildman–Crippen MR) is 116 cm³/mol. The van der Waals surface area contributed by atoms with Crippen molar-refractivity contribution in [3.63, 3.8) is 0 Å². The van der Waals surface area contributed by atoms with Gasteiger partial charge in [-0.2, -0.15) is 4.31 Å². The number of nitrogens with one attached hydrogen (secondary N) is 1. The van der Waals surface area contributed by atoms with E-state index in [1.807, 2.05) is 0 Å². The van der Waals surface area contributed by atoms with E-state index in [1.54, 1.807) is 19.1 Å². The fraction of sp³-hybridized carbons (Fsp3) is 0.696. The number of aliphatic hydroxyl groups is 1. The number of hydrogen-bond donors (Lipinski definition) is 2. The molecule has 6 nitrogen and oxygen atoms in total. The summed E-state index contributed by atoms with van der Waals surface area (Å²) in [6, 6.07) is 5.04. The molecule has 3 atom stereocenters. The van der Waals surface area contributed by atoms with Gasteiger partial charge >= 0.3 is 0 Å². The molecule has 1 amide bonds. The molecule has 166 valence electrons. The monoisotopic (exact) mass is 434 g/mol. The van der Waals surface area contributed by atoms with Crippen molar-refractivity contribution in [1.29, 1.82) is 0 Å². The molecule has 0 radical (unpaired) electrons. The van der Waals surface area contributed by atoms with E-state index in [9.17, 15) is 18.3 Å². The first-order valence-electron chi connectivity index (χ1n) is 11.0. The average molecular weight is 435 g/mol. The topological polar surface area (TPSA) is 86.7 Å². The van der Waals surface area contributed by atoms with Crippen LogP contribution >= 0.6 is 0 Å². The molecular formula is C23H34N2O4S. The first-order chi connectivity index (χ1) is 13.9. The number of rotatable bonds is 4. The van der Waals surface area contributed by atoms with Gasteiger partial charge < -0.3 is 10.4 Å². The average Bonchev–Trinajstić information content (AvgIpc) is 3.16. The molecule has 2 bridgehead atoms. The van der Waals surface area contributed by atoms with E-state index in [1.165, 1.54) is 16.8 Å². The maximum absolute atomic E-state index is 13.2. The van der Waals surface area contributed by atoms with E-state index >= 15 is 0 Å². The van der Waals surface area contributed by atoms with E-state index in [-0.39, 0.29) is 27.7 Å². The molecule has 0 spiro atoms. The van der Waals surface area contributed by atoms with Gasteiger partial charge in [-0.15, -0.1) is 0 Å². The van der Waals surface area contributed by atoms with Gasteiger partial charge in [0.2, 0.25) is 10.0 Å². The van der Waals surface area contributed by atoms with E-state index < -0.39 is 16.1 Å². The number of aliphatic hydroxyl groups excluding tert-OH is 1. The standard InChI is InChI=1S/C23H34N2O4S/c1-15-5-6-16(13-19(15)30(28,29)25-11-8-18(26)9-12-25)20(27)24-21-22(2,3)17-7-10-23(21,4)14-17/h5-6,13,17-18,21,26H,7-12,14H2,1-4H3,(H,24,27). The molecule has 3 fully saturated rings. The minimum Gasteiger partial charge on any atom is -0.393 e. The number of fused-ring (bicyclic) bond motifs is 2. The van der Waals surface area contributed by atoms with E-state index in [0.29, 0.717) is 43.0 Å². The van der Waals surface area contributed by atoms with Crippen molar-refractivity contribution >= 4 is 15.9 Å². The third-order valence-corrected chi connectivity index (χ3v) is 10.1. The van der Waals surface area contributed by atoms with Crippen molar-refractivity contribution in [1.82, 2.24) is 9.62 Å². The molecule has 1 aromatic carbocycles. The highest BCUT2D eigenvalue weighted by Crippen LogP contribution is 2.62. The molecule has 3 aliphatic rings. The number of carbonyl (C=O) groups is 1. The van der Waals surface area contributed by atoms with Crippen LogP contribution in [0.5, 0.6) is 0 Å². The van der Waals surface area contributed by atoms with Crippen molar-refractivity contribution in [3.8, 4) is 0 Å². The summed E-state index contributed by atoms with van der Waals surface area (Å²) >= 11 is 0. The maximum Gasteiger partial charge on any atom is 0.251 e. The molecule has 1 aromatic rings. The number of carbonyl (C=O) groups excluding carboxylic acids is 1. The Bertz CT molecular complexity index is 945. The van der Waals surface area contributed by atoms with Gasteiger partial charge in [0.15, 0.2) is 0 Å². The van der Waals surface area contributed by atoms with E-state index in [4.69, 9.17) is 0 Å². The van der Waals surface area contributed by atoms with Crippen molar-refractivity contribution < 1.29 is 18.3 Å². The Balaban J connectivity index is 1.58. The Morgan fingerprint density at radius 3 is 2.43 bits per heavy atom. The van der Waals surface area contributed by atoms with Gasteiger partial charge in [-0.25, -0.2) is 8.42 Å². The fourth-order valence-corrected chi connectivity index (χ4v) is 7.84. The van der Waals surface area contributed by atoms with Gasteiger partial charge in [-0.05, 0) is 73.5 Å². The molecule has 0 aromatic heterocycles. The molecule has 1 aliphatic heterocycles.